The lowest BCUT2D eigenvalue weighted by Crippen LogP contribution is -1.89. The van der Waals surface area contributed by atoms with Crippen LogP contribution in [0.15, 0.2) is 11.1 Å². The lowest BCUT2D eigenvalue weighted by atomic mass is 10.5. The van der Waals surface area contributed by atoms with Crippen molar-refractivity contribution in [2.75, 3.05) is 5.33 Å². The van der Waals surface area contributed by atoms with E-state index in [9.17, 15) is 0 Å². The molecule has 0 saturated heterocycles. The zero-order chi connectivity index (χ0) is 5.70. The first-order chi connectivity index (χ1) is 3.31. The Hall–Kier alpha value is 1.18. The lowest BCUT2D eigenvalue weighted by Gasteiger charge is -1.91. The molecule has 42 valence electrons. The van der Waals surface area contributed by atoms with Crippen molar-refractivity contribution in [1.29, 1.82) is 0 Å². The van der Waals surface area contributed by atoms with Gasteiger partial charge in [0.05, 0.1) is 0 Å². The molecule has 7 heavy (non-hydrogen) atoms. The van der Waals surface area contributed by atoms with Crippen LogP contribution >= 0.6 is 47.8 Å². The smallest absolute Gasteiger partial charge is 0.0430 e. The van der Waals surface area contributed by atoms with Crippen LogP contribution in [0.4, 0.5) is 0 Å². The topological polar surface area (TPSA) is 0 Å². The number of hydrogen-bond donors (Lipinski definition) is 0. The second-order valence-corrected chi connectivity index (χ2v) is 3.34. The molecule has 0 aromatic carbocycles. The molecule has 1 atom stereocenters. The third-order valence-electron chi connectivity index (χ3n) is 0.429. The van der Waals surface area contributed by atoms with Crippen LogP contribution < -0.4 is 0 Å². The molecule has 0 aliphatic rings. The number of allylic oxidation sites excluding steroid dienone is 1. The molecule has 0 aromatic rings. The predicted molar refractivity (Wildman–Crippen MR) is 44.6 cm³/mol. The molecule has 1 unspecified atom stereocenters. The molecule has 3 heteroatoms. The Morgan fingerprint density at radius 1 is 1.57 bits per heavy atom. The van der Waals surface area contributed by atoms with Crippen LogP contribution in [0.25, 0.3) is 0 Å². The van der Waals surface area contributed by atoms with Crippen molar-refractivity contribution in [1.82, 2.24) is 0 Å². The highest BCUT2D eigenvalue weighted by Gasteiger charge is 1.90. The van der Waals surface area contributed by atoms with E-state index in [1.807, 2.05) is 11.1 Å². The highest BCUT2D eigenvalue weighted by Crippen LogP contribution is 2.05. The fraction of sp³-hybridized carbons (Fsp3) is 0.500. The van der Waals surface area contributed by atoms with Gasteiger partial charge in [-0.05, 0) is 4.99 Å². The van der Waals surface area contributed by atoms with Gasteiger partial charge in [0.15, 0.2) is 0 Å². The Morgan fingerprint density at radius 2 is 2.14 bits per heavy atom. The zero-order valence-electron chi connectivity index (χ0n) is 3.57. The molecule has 0 spiro atoms. The summed E-state index contributed by atoms with van der Waals surface area (Å²) in [5, 5.41) is 0.953. The molecule has 0 aromatic heterocycles. The van der Waals surface area contributed by atoms with Gasteiger partial charge in [0, 0.05) is 10.2 Å². The summed E-state index contributed by atoms with van der Waals surface area (Å²) in [6.07, 6.45) is 2.01. The summed E-state index contributed by atoms with van der Waals surface area (Å²) < 4.78 is 0. The number of halogens is 3. The van der Waals surface area contributed by atoms with Crippen molar-refractivity contribution in [2.45, 2.75) is 4.83 Å². The zero-order valence-corrected chi connectivity index (χ0v) is 8.33. The minimum absolute atomic E-state index is 0.451. The van der Waals surface area contributed by atoms with E-state index in [1.54, 1.807) is 0 Å². The Kier molecular flexibility index (Phi) is 6.22. The van der Waals surface area contributed by atoms with Crippen LogP contribution in [0.5, 0.6) is 0 Å². The second-order valence-electron chi connectivity index (χ2n) is 0.989. The average Bonchev–Trinajstić information content (AvgIpc) is 1.68. The Labute approximate surface area is 68.7 Å². The van der Waals surface area contributed by atoms with E-state index in [2.05, 4.69) is 47.8 Å². The van der Waals surface area contributed by atoms with E-state index in [4.69, 9.17) is 0 Å². The van der Waals surface area contributed by atoms with Crippen molar-refractivity contribution >= 4 is 47.8 Å². The summed E-state index contributed by atoms with van der Waals surface area (Å²) in [5.74, 6) is 0. The summed E-state index contributed by atoms with van der Waals surface area (Å²) in [4.78, 5) is 2.29. The fourth-order valence-corrected chi connectivity index (χ4v) is 1.28. The molecule has 0 nitrogen and oxygen atoms in total. The van der Waals surface area contributed by atoms with E-state index in [-0.39, 0.29) is 0 Å². The minimum atomic E-state index is 0.451. The van der Waals surface area contributed by atoms with Gasteiger partial charge >= 0.3 is 0 Å². The first kappa shape index (κ1) is 8.18. The van der Waals surface area contributed by atoms with Crippen molar-refractivity contribution < 1.29 is 0 Å². The summed E-state index contributed by atoms with van der Waals surface area (Å²) in [5.41, 5.74) is 0. The van der Waals surface area contributed by atoms with Crippen LogP contribution in [0.1, 0.15) is 0 Å². The van der Waals surface area contributed by atoms with Gasteiger partial charge in [0.1, 0.15) is 0 Å². The summed E-state index contributed by atoms with van der Waals surface area (Å²) in [6.45, 7) is 0. The van der Waals surface area contributed by atoms with Crippen LogP contribution in [0, 0.1) is 0 Å². The van der Waals surface area contributed by atoms with Gasteiger partial charge in [-0.15, -0.1) is 0 Å². The molecule has 0 aliphatic heterocycles. The maximum Gasteiger partial charge on any atom is 0.0430 e. The molecule has 0 saturated carbocycles. The number of alkyl halides is 2. The average molecular weight is 293 g/mol. The third-order valence-corrected chi connectivity index (χ3v) is 2.93. The van der Waals surface area contributed by atoms with Gasteiger partial charge in [-0.3, -0.25) is 0 Å². The second kappa shape index (κ2) is 5.32. The van der Waals surface area contributed by atoms with E-state index >= 15 is 0 Å². The Morgan fingerprint density at radius 3 is 2.29 bits per heavy atom. The lowest BCUT2D eigenvalue weighted by molar-refractivity contribution is 1.32. The highest BCUT2D eigenvalue weighted by atomic mass is 79.9. The molecular weight excluding hydrogens is 288 g/mol. The van der Waals surface area contributed by atoms with Crippen LogP contribution in [0.2, 0.25) is 0 Å². The van der Waals surface area contributed by atoms with Crippen molar-refractivity contribution in [3.8, 4) is 0 Å². The quantitative estimate of drug-likeness (QED) is 0.686. The Bertz CT molecular complexity index is 60.0. The monoisotopic (exact) mass is 290 g/mol. The molecule has 0 rings (SSSR count). The number of hydrogen-bond acceptors (Lipinski definition) is 0. The highest BCUT2D eigenvalue weighted by molar-refractivity contribution is 9.12. The van der Waals surface area contributed by atoms with Crippen LogP contribution in [0.3, 0.4) is 0 Å². The van der Waals surface area contributed by atoms with Crippen molar-refractivity contribution in [3.05, 3.63) is 11.1 Å². The molecular formula is C4H5Br3. The standard InChI is InChI=1S/C4H5Br3/c5-2-1-4(7)3-6/h1-2,4H,3H2. The molecule has 0 N–H and O–H groups in total. The Balaban J connectivity index is 3.16. The van der Waals surface area contributed by atoms with Gasteiger partial charge < -0.3 is 0 Å². The maximum absolute atomic E-state index is 3.37. The molecule has 0 heterocycles. The molecule has 0 radical (unpaired) electrons. The minimum Gasteiger partial charge on any atom is -0.0913 e. The van der Waals surface area contributed by atoms with E-state index in [1.165, 1.54) is 0 Å². The van der Waals surface area contributed by atoms with Crippen LogP contribution in [-0.4, -0.2) is 10.2 Å². The maximum atomic E-state index is 3.37. The predicted octanol–water partition coefficient (Wildman–Crippen LogP) is 3.05. The summed E-state index contributed by atoms with van der Waals surface area (Å²) in [6, 6.07) is 0. The SMILES string of the molecule is BrC=CC(Br)CBr. The first-order valence-corrected chi connectivity index (χ1v) is 4.73. The summed E-state index contributed by atoms with van der Waals surface area (Å²) in [7, 11) is 0. The molecule has 0 aliphatic carbocycles. The van der Waals surface area contributed by atoms with Gasteiger partial charge in [-0.1, -0.05) is 53.9 Å². The van der Waals surface area contributed by atoms with Gasteiger partial charge in [-0.25, -0.2) is 0 Å². The third kappa shape index (κ3) is 5.04. The normalized spacial score (nSPS) is 15.3. The first-order valence-electron chi connectivity index (χ1n) is 1.78. The van der Waals surface area contributed by atoms with Crippen LogP contribution in [-0.2, 0) is 0 Å². The van der Waals surface area contributed by atoms with E-state index in [0.717, 1.165) is 5.33 Å². The van der Waals surface area contributed by atoms with Crippen molar-refractivity contribution in [2.24, 2.45) is 0 Å². The fourth-order valence-electron chi connectivity index (χ4n) is 0.130. The number of rotatable bonds is 2. The molecule has 0 amide bonds. The largest absolute Gasteiger partial charge is 0.0913 e. The summed E-state index contributed by atoms with van der Waals surface area (Å²) >= 11 is 9.83. The van der Waals surface area contributed by atoms with Gasteiger partial charge in [0.25, 0.3) is 0 Å². The van der Waals surface area contributed by atoms with Gasteiger partial charge in [-0.2, -0.15) is 0 Å². The van der Waals surface area contributed by atoms with Gasteiger partial charge in [0.2, 0.25) is 0 Å². The van der Waals surface area contributed by atoms with Crippen molar-refractivity contribution in [3.63, 3.8) is 0 Å². The molecule has 0 fully saturated rings. The molecule has 0 bridgehead atoms. The van der Waals surface area contributed by atoms with E-state index < -0.39 is 0 Å². The van der Waals surface area contributed by atoms with E-state index in [0.29, 0.717) is 4.83 Å².